The molecule has 148 valence electrons. The molecule has 3 aromatic rings. The molecule has 1 aliphatic heterocycles. The molecule has 0 saturated carbocycles. The summed E-state index contributed by atoms with van der Waals surface area (Å²) in [7, 11) is 0. The summed E-state index contributed by atoms with van der Waals surface area (Å²) in [4.78, 5) is 4.65. The molecule has 2 aromatic heterocycles. The molecule has 2 N–H and O–H groups in total. The topological polar surface area (TPSA) is 85.1 Å². The Morgan fingerprint density at radius 3 is 2.93 bits per heavy atom. The van der Waals surface area contributed by atoms with Gasteiger partial charge >= 0.3 is 0 Å². The molecule has 0 radical (unpaired) electrons. The number of guanidine groups is 1. The van der Waals surface area contributed by atoms with Crippen molar-refractivity contribution in [2.24, 2.45) is 4.99 Å². The van der Waals surface area contributed by atoms with Crippen LogP contribution >= 0.6 is 24.0 Å². The highest BCUT2D eigenvalue weighted by Crippen LogP contribution is 2.32. The second-order valence-electron chi connectivity index (χ2n) is 6.10. The molecule has 0 fully saturated rings. The molecule has 0 spiro atoms. The molecule has 9 heteroatoms. The summed E-state index contributed by atoms with van der Waals surface area (Å²) in [6.45, 7) is 4.39. The molecule has 0 aliphatic carbocycles. The maximum Gasteiger partial charge on any atom is 0.231 e. The van der Waals surface area contributed by atoms with Crippen LogP contribution in [0.25, 0.3) is 5.65 Å². The Kier molecular flexibility index (Phi) is 6.90. The van der Waals surface area contributed by atoms with E-state index in [1.54, 1.807) is 0 Å². The Morgan fingerprint density at radius 2 is 2.04 bits per heavy atom. The zero-order chi connectivity index (χ0) is 18.5. The maximum absolute atomic E-state index is 5.42. The van der Waals surface area contributed by atoms with Gasteiger partial charge in [-0.25, -0.2) is 4.99 Å². The van der Waals surface area contributed by atoms with Crippen LogP contribution in [0.15, 0.2) is 47.6 Å². The Bertz CT molecular complexity index is 959. The van der Waals surface area contributed by atoms with Crippen molar-refractivity contribution in [3.8, 4) is 11.5 Å². The second-order valence-corrected chi connectivity index (χ2v) is 6.10. The van der Waals surface area contributed by atoms with E-state index >= 15 is 0 Å². The lowest BCUT2D eigenvalue weighted by Crippen LogP contribution is -2.38. The molecule has 0 bridgehead atoms. The number of pyridine rings is 1. The lowest BCUT2D eigenvalue weighted by molar-refractivity contribution is 0.174. The van der Waals surface area contributed by atoms with Crippen molar-refractivity contribution in [3.05, 3.63) is 54.0 Å². The van der Waals surface area contributed by atoms with E-state index in [1.165, 1.54) is 0 Å². The largest absolute Gasteiger partial charge is 0.454 e. The minimum atomic E-state index is 0. The molecule has 0 atom stereocenters. The first-order valence-electron chi connectivity index (χ1n) is 9.03. The number of hydrogen-bond acceptors (Lipinski definition) is 5. The van der Waals surface area contributed by atoms with Gasteiger partial charge in [-0.3, -0.25) is 4.40 Å². The summed E-state index contributed by atoms with van der Waals surface area (Å²) in [6.07, 6.45) is 2.73. The van der Waals surface area contributed by atoms with Crippen molar-refractivity contribution in [2.45, 2.75) is 19.9 Å². The Morgan fingerprint density at radius 1 is 1.14 bits per heavy atom. The number of nitrogens with zero attached hydrogens (tertiary/aromatic N) is 4. The van der Waals surface area contributed by atoms with Crippen molar-refractivity contribution < 1.29 is 9.47 Å². The molecular weight excluding hydrogens is 471 g/mol. The Balaban J connectivity index is 0.00000225. The number of halogens is 1. The van der Waals surface area contributed by atoms with E-state index in [1.807, 2.05) is 53.9 Å². The van der Waals surface area contributed by atoms with Gasteiger partial charge in [0.05, 0.1) is 6.54 Å². The highest BCUT2D eigenvalue weighted by Gasteiger charge is 2.13. The first-order chi connectivity index (χ1) is 13.3. The number of nitrogens with one attached hydrogen (secondary N) is 2. The molecule has 1 aromatic carbocycles. The molecule has 3 heterocycles. The first kappa shape index (κ1) is 20.2. The van der Waals surface area contributed by atoms with E-state index in [-0.39, 0.29) is 30.8 Å². The van der Waals surface area contributed by atoms with Gasteiger partial charge in [0.1, 0.15) is 5.82 Å². The quantitative estimate of drug-likeness (QED) is 0.311. The molecular formula is C19H23IN6O2. The van der Waals surface area contributed by atoms with Crippen LogP contribution in [0.5, 0.6) is 11.5 Å². The van der Waals surface area contributed by atoms with Gasteiger partial charge < -0.3 is 20.1 Å². The number of rotatable bonds is 6. The van der Waals surface area contributed by atoms with Crippen molar-refractivity contribution in [2.75, 3.05) is 19.9 Å². The van der Waals surface area contributed by atoms with Crippen LogP contribution in [-0.4, -0.2) is 40.4 Å². The third kappa shape index (κ3) is 4.64. The van der Waals surface area contributed by atoms with E-state index < -0.39 is 0 Å². The summed E-state index contributed by atoms with van der Waals surface area (Å²) in [6, 6.07) is 11.8. The number of benzene rings is 1. The highest BCUT2D eigenvalue weighted by atomic mass is 127. The molecule has 8 nitrogen and oxygen atoms in total. The van der Waals surface area contributed by atoms with Gasteiger partial charge in [-0.15, -0.1) is 34.2 Å². The summed E-state index contributed by atoms with van der Waals surface area (Å²) < 4.78 is 12.8. The number of ether oxygens (including phenoxy) is 2. The average molecular weight is 494 g/mol. The highest BCUT2D eigenvalue weighted by molar-refractivity contribution is 14.0. The van der Waals surface area contributed by atoms with Crippen LogP contribution in [0.4, 0.5) is 0 Å². The summed E-state index contributed by atoms with van der Waals surface area (Å²) in [5, 5.41) is 15.0. The van der Waals surface area contributed by atoms with Crippen LogP contribution < -0.4 is 20.1 Å². The zero-order valence-corrected chi connectivity index (χ0v) is 17.9. The second kappa shape index (κ2) is 9.58. The fraction of sp³-hybridized carbons (Fsp3) is 0.316. The standard InChI is InChI=1S/C19H22N6O2.HI/c1-2-20-19(22-12-14-6-7-15-16(11-14)27-13-26-15)21-9-8-18-24-23-17-5-3-4-10-25(17)18;/h3-7,10-11H,2,8-9,12-13H2,1H3,(H2,20,21,22);1H. The van der Waals surface area contributed by atoms with Crippen molar-refractivity contribution in [1.29, 1.82) is 0 Å². The molecule has 0 unspecified atom stereocenters. The van der Waals surface area contributed by atoms with Gasteiger partial charge in [0, 0.05) is 25.7 Å². The summed E-state index contributed by atoms with van der Waals surface area (Å²) in [5.74, 6) is 3.25. The zero-order valence-electron chi connectivity index (χ0n) is 15.6. The number of fused-ring (bicyclic) bond motifs is 2. The number of hydrogen-bond donors (Lipinski definition) is 2. The third-order valence-corrected chi connectivity index (χ3v) is 4.23. The lowest BCUT2D eigenvalue weighted by Gasteiger charge is -2.11. The molecule has 1 aliphatic rings. The smallest absolute Gasteiger partial charge is 0.231 e. The van der Waals surface area contributed by atoms with E-state index in [2.05, 4.69) is 25.8 Å². The van der Waals surface area contributed by atoms with Crippen molar-refractivity contribution in [3.63, 3.8) is 0 Å². The van der Waals surface area contributed by atoms with Crippen molar-refractivity contribution in [1.82, 2.24) is 25.2 Å². The lowest BCUT2D eigenvalue weighted by atomic mass is 10.2. The van der Waals surface area contributed by atoms with Gasteiger partial charge in [0.25, 0.3) is 0 Å². The van der Waals surface area contributed by atoms with Gasteiger partial charge in [0.15, 0.2) is 23.1 Å². The molecule has 4 rings (SSSR count). The van der Waals surface area contributed by atoms with Crippen LogP contribution in [-0.2, 0) is 13.0 Å². The van der Waals surface area contributed by atoms with Crippen LogP contribution in [0.2, 0.25) is 0 Å². The Labute approximate surface area is 180 Å². The maximum atomic E-state index is 5.42. The van der Waals surface area contributed by atoms with E-state index in [0.29, 0.717) is 13.1 Å². The summed E-state index contributed by atoms with van der Waals surface area (Å²) in [5.41, 5.74) is 1.93. The van der Waals surface area contributed by atoms with Gasteiger partial charge in [-0.05, 0) is 36.8 Å². The van der Waals surface area contributed by atoms with E-state index in [0.717, 1.165) is 47.5 Å². The first-order valence-corrected chi connectivity index (χ1v) is 9.03. The predicted molar refractivity (Wildman–Crippen MR) is 117 cm³/mol. The van der Waals surface area contributed by atoms with Gasteiger partial charge in [0.2, 0.25) is 6.79 Å². The van der Waals surface area contributed by atoms with Gasteiger partial charge in [-0.1, -0.05) is 12.1 Å². The third-order valence-electron chi connectivity index (χ3n) is 4.23. The number of aliphatic imine (C=N–C) groups is 1. The molecule has 28 heavy (non-hydrogen) atoms. The Hall–Kier alpha value is -2.56. The van der Waals surface area contributed by atoms with Gasteiger partial charge in [-0.2, -0.15) is 0 Å². The van der Waals surface area contributed by atoms with Crippen LogP contribution in [0.1, 0.15) is 18.3 Å². The fourth-order valence-corrected chi connectivity index (χ4v) is 2.91. The fourth-order valence-electron chi connectivity index (χ4n) is 2.91. The minimum Gasteiger partial charge on any atom is -0.454 e. The van der Waals surface area contributed by atoms with Crippen LogP contribution in [0, 0.1) is 0 Å². The minimum absolute atomic E-state index is 0. The number of aromatic nitrogens is 3. The monoisotopic (exact) mass is 494 g/mol. The summed E-state index contributed by atoms with van der Waals surface area (Å²) >= 11 is 0. The van der Waals surface area contributed by atoms with Crippen molar-refractivity contribution >= 4 is 35.6 Å². The SMILES string of the molecule is CCNC(=NCc1ccc2c(c1)OCO2)NCCc1nnc2ccccn12.I. The predicted octanol–water partition coefficient (Wildman–Crippen LogP) is 2.37. The average Bonchev–Trinajstić information content (AvgIpc) is 3.32. The van der Waals surface area contributed by atoms with Crippen LogP contribution in [0.3, 0.4) is 0 Å². The van der Waals surface area contributed by atoms with E-state index in [4.69, 9.17) is 9.47 Å². The van der Waals surface area contributed by atoms with E-state index in [9.17, 15) is 0 Å². The molecule has 0 saturated heterocycles. The molecule has 0 amide bonds. The normalized spacial score (nSPS) is 12.7.